The van der Waals surface area contributed by atoms with E-state index in [0.717, 1.165) is 29.1 Å². The molecule has 1 fully saturated rings. The molecule has 18 heteroatoms. The fraction of sp³-hybridized carbons (Fsp3) is 0.447. The lowest BCUT2D eigenvalue weighted by molar-refractivity contribution is -0.155. The van der Waals surface area contributed by atoms with Crippen molar-refractivity contribution in [1.82, 2.24) is 20.4 Å². The molecule has 0 aliphatic heterocycles. The third kappa shape index (κ3) is 18.0. The van der Waals surface area contributed by atoms with E-state index in [4.69, 9.17) is 24.7 Å². The number of nitrogens with zero attached hydrogens (tertiary/aromatic N) is 3. The number of rotatable bonds is 22. The summed E-state index contributed by atoms with van der Waals surface area (Å²) in [5.74, 6) is -4.34. The maximum Gasteiger partial charge on any atom is 0.437 e. The number of carbonyl (C=O) groups excluding carboxylic acids is 6. The van der Waals surface area contributed by atoms with Crippen LogP contribution in [-0.2, 0) is 57.9 Å². The Morgan fingerprint density at radius 1 is 0.738 bits per heavy atom. The van der Waals surface area contributed by atoms with Crippen LogP contribution in [0.1, 0.15) is 94.2 Å². The zero-order valence-electron chi connectivity index (χ0n) is 36.9. The summed E-state index contributed by atoms with van der Waals surface area (Å²) in [5, 5.41) is 15.0. The molecule has 0 spiro atoms. The topological polar surface area (TPSA) is 246 Å². The summed E-state index contributed by atoms with van der Waals surface area (Å²) in [5.41, 5.74) is 8.24. The van der Waals surface area contributed by atoms with Gasteiger partial charge in [-0.25, -0.2) is 24.1 Å². The molecule has 350 valence electrons. The summed E-state index contributed by atoms with van der Waals surface area (Å²) < 4.78 is 21.7. The molecular formula is C47H60N6O12. The lowest BCUT2D eigenvalue weighted by Crippen LogP contribution is -2.56. The van der Waals surface area contributed by atoms with Gasteiger partial charge in [0.15, 0.2) is 0 Å². The van der Waals surface area contributed by atoms with E-state index in [1.165, 1.54) is 7.05 Å². The van der Waals surface area contributed by atoms with Crippen molar-refractivity contribution in [3.05, 3.63) is 108 Å². The molecule has 3 aromatic rings. The minimum Gasteiger partial charge on any atom is -0.480 e. The first-order valence-electron chi connectivity index (χ1n) is 21.8. The average molecular weight is 901 g/mol. The minimum absolute atomic E-state index is 0.0467. The molecular weight excluding hydrogens is 841 g/mol. The number of nitrogens with one attached hydrogen (secondary N) is 2. The maximum absolute atomic E-state index is 14.4. The Hall–Kier alpha value is -6.98. The number of likely N-dealkylation sites (N-methyl/N-ethyl adjacent to an activating group) is 1. The summed E-state index contributed by atoms with van der Waals surface area (Å²) >= 11 is 0. The van der Waals surface area contributed by atoms with Gasteiger partial charge < -0.3 is 45.3 Å². The third-order valence-corrected chi connectivity index (χ3v) is 10.6. The number of alkyl carbamates (subject to hydrolysis) is 1. The molecule has 5 amide bonds. The largest absolute Gasteiger partial charge is 0.480 e. The van der Waals surface area contributed by atoms with Crippen LogP contribution >= 0.6 is 0 Å². The molecule has 1 aliphatic carbocycles. The first kappa shape index (κ1) is 50.7. The highest BCUT2D eigenvalue weighted by Crippen LogP contribution is 2.21. The number of unbranched alkanes of at least 4 members (excludes halogenated alkanes) is 1. The molecule has 65 heavy (non-hydrogen) atoms. The van der Waals surface area contributed by atoms with Crippen LogP contribution in [0.2, 0.25) is 0 Å². The standard InChI is InChI=1S/C47H60N6O12/c1-3-4-27-39(41(55)49-38(43(57)58)29-40(54)65-36-24-15-8-16-25-36)52(2)42(56)37(50-45(59)62-30-33-18-9-5-10-19-33)26-17-28-53(47(61)64-32-35-22-13-7-14-23-35)44(48)51-46(60)63-31-34-20-11-6-12-21-34/h5-7,9-14,18-23,36-39H,3-4,8,15-17,24-32H2,1-2H3,(H,49,55)(H,50,59)(H,57,58)(H2,48,51,60)/t37-,38-,39-/m0/s1. The van der Waals surface area contributed by atoms with Crippen LogP contribution in [0.3, 0.4) is 0 Å². The zero-order valence-corrected chi connectivity index (χ0v) is 36.9. The molecule has 0 heterocycles. The highest BCUT2D eigenvalue weighted by Gasteiger charge is 2.35. The van der Waals surface area contributed by atoms with Crippen LogP contribution in [-0.4, -0.2) is 101 Å². The number of aliphatic imine (C=N–C) groups is 1. The number of esters is 1. The smallest absolute Gasteiger partial charge is 0.437 e. The molecule has 0 radical (unpaired) electrons. The van der Waals surface area contributed by atoms with Gasteiger partial charge in [0.2, 0.25) is 17.8 Å². The fourth-order valence-electron chi connectivity index (χ4n) is 6.97. The Morgan fingerprint density at radius 3 is 1.85 bits per heavy atom. The molecule has 1 saturated carbocycles. The summed E-state index contributed by atoms with van der Waals surface area (Å²) in [6.45, 7) is 1.23. The number of hydrogen-bond donors (Lipinski definition) is 4. The molecule has 18 nitrogen and oxygen atoms in total. The number of carbonyl (C=O) groups is 7. The first-order chi connectivity index (χ1) is 31.3. The molecule has 5 N–H and O–H groups in total. The van der Waals surface area contributed by atoms with Crippen molar-refractivity contribution >= 4 is 48.0 Å². The summed E-state index contributed by atoms with van der Waals surface area (Å²) in [7, 11) is 1.35. The third-order valence-electron chi connectivity index (χ3n) is 10.6. The summed E-state index contributed by atoms with van der Waals surface area (Å²) in [6, 6.07) is 22.3. The van der Waals surface area contributed by atoms with Crippen molar-refractivity contribution in [2.45, 2.75) is 122 Å². The van der Waals surface area contributed by atoms with E-state index < -0.39 is 72.5 Å². The number of carboxylic acids is 1. The number of aliphatic carboxylic acids is 1. The number of carboxylic acid groups (broad SMARTS) is 1. The number of hydrogen-bond acceptors (Lipinski definition) is 11. The van der Waals surface area contributed by atoms with Crippen molar-refractivity contribution in [1.29, 1.82) is 0 Å². The predicted molar refractivity (Wildman–Crippen MR) is 238 cm³/mol. The van der Waals surface area contributed by atoms with Crippen LogP contribution in [0.15, 0.2) is 96.0 Å². The second-order valence-corrected chi connectivity index (χ2v) is 15.6. The molecule has 3 aromatic carbocycles. The van der Waals surface area contributed by atoms with Gasteiger partial charge in [-0.1, -0.05) is 117 Å². The maximum atomic E-state index is 14.4. The molecule has 0 bridgehead atoms. The van der Waals surface area contributed by atoms with Gasteiger partial charge in [0.05, 0.1) is 6.42 Å². The Morgan fingerprint density at radius 2 is 1.29 bits per heavy atom. The van der Waals surface area contributed by atoms with Crippen LogP contribution in [0.5, 0.6) is 0 Å². The number of ether oxygens (including phenoxy) is 4. The van der Waals surface area contributed by atoms with Gasteiger partial charge in [-0.3, -0.25) is 14.4 Å². The highest BCUT2D eigenvalue weighted by molar-refractivity contribution is 5.98. The normalized spacial score (nSPS) is 14.1. The average Bonchev–Trinajstić information content (AvgIpc) is 3.31. The Labute approximate surface area is 378 Å². The van der Waals surface area contributed by atoms with Crippen LogP contribution < -0.4 is 16.4 Å². The van der Waals surface area contributed by atoms with E-state index in [-0.39, 0.29) is 51.7 Å². The van der Waals surface area contributed by atoms with E-state index in [9.17, 15) is 38.7 Å². The number of guanidine groups is 1. The van der Waals surface area contributed by atoms with E-state index in [1.54, 1.807) is 91.0 Å². The van der Waals surface area contributed by atoms with Gasteiger partial charge in [-0.15, -0.1) is 4.99 Å². The van der Waals surface area contributed by atoms with Gasteiger partial charge in [0, 0.05) is 13.6 Å². The van der Waals surface area contributed by atoms with E-state index in [0.29, 0.717) is 42.4 Å². The van der Waals surface area contributed by atoms with E-state index in [1.807, 2.05) is 6.92 Å². The molecule has 1 aliphatic rings. The van der Waals surface area contributed by atoms with Crippen molar-refractivity contribution in [3.8, 4) is 0 Å². The predicted octanol–water partition coefficient (Wildman–Crippen LogP) is 6.20. The van der Waals surface area contributed by atoms with E-state index in [2.05, 4.69) is 15.6 Å². The Kier molecular flexibility index (Phi) is 21.2. The number of nitrogens with two attached hydrogens (primary N) is 1. The van der Waals surface area contributed by atoms with Gasteiger partial charge >= 0.3 is 30.2 Å². The van der Waals surface area contributed by atoms with Crippen molar-refractivity contribution in [2.75, 3.05) is 13.6 Å². The second-order valence-electron chi connectivity index (χ2n) is 15.6. The zero-order chi connectivity index (χ0) is 47.0. The van der Waals surface area contributed by atoms with Gasteiger partial charge in [0.1, 0.15) is 44.1 Å². The molecule has 0 aromatic heterocycles. The van der Waals surface area contributed by atoms with Crippen LogP contribution in [0.25, 0.3) is 0 Å². The summed E-state index contributed by atoms with van der Waals surface area (Å²) in [4.78, 5) is 98.6. The fourth-order valence-corrected chi connectivity index (χ4v) is 6.97. The van der Waals surface area contributed by atoms with E-state index >= 15 is 0 Å². The molecule has 3 atom stereocenters. The van der Waals surface area contributed by atoms with Crippen LogP contribution in [0.4, 0.5) is 14.4 Å². The van der Waals surface area contributed by atoms with Crippen molar-refractivity contribution in [3.63, 3.8) is 0 Å². The van der Waals surface area contributed by atoms with Gasteiger partial charge in [-0.05, 0) is 61.6 Å². The Balaban J connectivity index is 1.52. The Bertz CT molecular complexity index is 2030. The minimum atomic E-state index is -1.64. The summed E-state index contributed by atoms with van der Waals surface area (Å²) in [6.07, 6.45) is 1.22. The van der Waals surface area contributed by atoms with Crippen LogP contribution in [0, 0.1) is 0 Å². The number of amides is 5. The van der Waals surface area contributed by atoms with Crippen molar-refractivity contribution in [2.24, 2.45) is 10.7 Å². The molecule has 0 saturated heterocycles. The van der Waals surface area contributed by atoms with Gasteiger partial charge in [-0.2, -0.15) is 0 Å². The van der Waals surface area contributed by atoms with Gasteiger partial charge in [0.25, 0.3) is 0 Å². The van der Waals surface area contributed by atoms with Crippen molar-refractivity contribution < 1.29 is 57.6 Å². The molecule has 0 unspecified atom stereocenters. The second kappa shape index (κ2) is 27.3. The molecule has 4 rings (SSSR count). The number of benzene rings is 3. The monoisotopic (exact) mass is 900 g/mol. The quantitative estimate of drug-likeness (QED) is 0.0380. The lowest BCUT2D eigenvalue weighted by Gasteiger charge is -2.32. The lowest BCUT2D eigenvalue weighted by atomic mass is 9.98. The highest BCUT2D eigenvalue weighted by atomic mass is 16.6. The SMILES string of the molecule is CCCC[C@@H](C(=O)N[C@@H](CC(=O)OC1CCCCC1)C(=O)O)N(C)C(=O)[C@H](CCCN(C(=O)OCc1ccccc1)/C(N)=N/C(=O)OCc1ccccc1)NC(=O)OCc1ccccc1. The first-order valence-corrected chi connectivity index (χ1v) is 21.8.